The van der Waals surface area contributed by atoms with Crippen LogP contribution in [0, 0.1) is 29.9 Å². The second-order valence-electron chi connectivity index (χ2n) is 7.36. The Balaban J connectivity index is 0.00000208. The van der Waals surface area contributed by atoms with Gasteiger partial charge in [-0.3, -0.25) is 0 Å². The molecule has 2 aliphatic rings. The summed E-state index contributed by atoms with van der Waals surface area (Å²) in [5.41, 5.74) is 0.523. The van der Waals surface area contributed by atoms with Crippen LogP contribution in [0.4, 0.5) is 8.78 Å². The maximum Gasteiger partial charge on any atom is 1.00 e. The molecule has 0 bridgehead atoms. The molecule has 0 radical (unpaired) electrons. The summed E-state index contributed by atoms with van der Waals surface area (Å²) in [5, 5.41) is 0. The topological polar surface area (TPSA) is 9.23 Å². The predicted octanol–water partition coefficient (Wildman–Crippen LogP) is 3.04. The van der Waals surface area contributed by atoms with Crippen molar-refractivity contribution in [3.05, 3.63) is 35.8 Å². The second kappa shape index (κ2) is 10.1. The zero-order chi connectivity index (χ0) is 16.2. The summed E-state index contributed by atoms with van der Waals surface area (Å²) in [6.45, 7) is 2.77. The number of hydrogen-bond donors (Lipinski definition) is 0. The summed E-state index contributed by atoms with van der Waals surface area (Å²) < 4.78 is 34.3. The number of halogens is 2. The van der Waals surface area contributed by atoms with Crippen LogP contribution in [0.2, 0.25) is 0 Å². The van der Waals surface area contributed by atoms with Gasteiger partial charge in [0.2, 0.25) is 5.82 Å². The molecule has 0 saturated heterocycles. The Hall–Kier alpha value is 0.685. The minimum Gasteiger partial charge on any atom is -0.490 e. The van der Waals surface area contributed by atoms with Gasteiger partial charge in [-0.2, -0.15) is 17.2 Å². The molecule has 4 heteroatoms. The quantitative estimate of drug-likeness (QED) is 0.698. The minimum atomic E-state index is -0.804. The van der Waals surface area contributed by atoms with E-state index in [9.17, 15) is 8.78 Å². The van der Waals surface area contributed by atoms with Gasteiger partial charge in [0, 0.05) is 0 Å². The third-order valence-corrected chi connectivity index (χ3v) is 5.57. The molecule has 2 fully saturated rings. The van der Waals surface area contributed by atoms with Crippen LogP contribution in [-0.4, -0.2) is 6.61 Å². The van der Waals surface area contributed by atoms with Crippen molar-refractivity contribution in [3.63, 3.8) is 0 Å². The van der Waals surface area contributed by atoms with E-state index in [-0.39, 0.29) is 69.9 Å². The van der Waals surface area contributed by atoms with Crippen LogP contribution in [0.3, 0.4) is 0 Å². The second-order valence-corrected chi connectivity index (χ2v) is 7.36. The summed E-state index contributed by atoms with van der Waals surface area (Å²) in [4.78, 5) is 0. The van der Waals surface area contributed by atoms with Crippen molar-refractivity contribution in [1.29, 1.82) is 0 Å². The maximum absolute atomic E-state index is 14.4. The molecule has 0 aromatic heterocycles. The minimum absolute atomic E-state index is 0. The average molecular weight is 407 g/mol. The Kier molecular flexibility index (Phi) is 8.86. The molecule has 0 aliphatic heterocycles. The normalized spacial score (nSPS) is 25.1. The van der Waals surface area contributed by atoms with Gasteiger partial charge in [0.15, 0.2) is 11.6 Å². The maximum atomic E-state index is 14.4. The molecule has 2 aliphatic carbocycles. The van der Waals surface area contributed by atoms with E-state index in [2.05, 4.69) is 13.3 Å². The molecule has 24 heavy (non-hydrogen) atoms. The molecule has 1 aromatic rings. The molecule has 0 amide bonds. The monoisotopic (exact) mass is 406 g/mol. The van der Waals surface area contributed by atoms with Crippen LogP contribution in [-0.2, 0) is 0 Å². The molecule has 0 unspecified atom stereocenters. The summed E-state index contributed by atoms with van der Waals surface area (Å²) in [5.74, 6) is -0.0294. The van der Waals surface area contributed by atoms with Crippen LogP contribution < -0.4 is 62.9 Å². The fourth-order valence-electron chi connectivity index (χ4n) is 3.91. The third kappa shape index (κ3) is 5.34. The first-order valence-corrected chi connectivity index (χ1v) is 9.07. The Labute approximate surface area is 193 Å². The van der Waals surface area contributed by atoms with Gasteiger partial charge in [-0.15, -0.1) is 0 Å². The van der Waals surface area contributed by atoms with E-state index >= 15 is 0 Å². The van der Waals surface area contributed by atoms with Crippen LogP contribution in [0.25, 0.3) is 0 Å². The summed E-state index contributed by atoms with van der Waals surface area (Å²) in [7, 11) is 0. The first-order chi connectivity index (χ1) is 11.1. The van der Waals surface area contributed by atoms with Gasteiger partial charge in [0.05, 0.1) is 6.61 Å². The summed E-state index contributed by atoms with van der Waals surface area (Å²) in [6.07, 6.45) is 10.7. The van der Waals surface area contributed by atoms with E-state index in [0.717, 1.165) is 44.4 Å². The van der Waals surface area contributed by atoms with Crippen molar-refractivity contribution < 1.29 is 71.7 Å². The van der Waals surface area contributed by atoms with Gasteiger partial charge >= 0.3 is 58.2 Å². The molecule has 0 spiro atoms. The number of ether oxygens (including phenoxy) is 1. The fraction of sp³-hybridized carbons (Fsp3) is 0.650. The molecule has 0 heterocycles. The zero-order valence-corrected chi connectivity index (χ0v) is 19.9. The van der Waals surface area contributed by atoms with Gasteiger partial charge in [-0.1, -0.05) is 38.7 Å². The van der Waals surface area contributed by atoms with E-state index in [1.807, 2.05) is 0 Å². The largest absolute Gasteiger partial charge is 1.00 e. The van der Waals surface area contributed by atoms with E-state index in [0.29, 0.717) is 18.1 Å². The molecule has 0 N–H and O–H groups in total. The number of rotatable bonds is 4. The Bertz CT molecular complexity index is 521. The van der Waals surface area contributed by atoms with Crippen molar-refractivity contribution in [2.45, 2.75) is 64.2 Å². The fourth-order valence-corrected chi connectivity index (χ4v) is 3.91. The van der Waals surface area contributed by atoms with Crippen molar-refractivity contribution in [1.82, 2.24) is 0 Å². The first-order valence-electron chi connectivity index (χ1n) is 9.07. The average Bonchev–Trinajstić information content (AvgIpc) is 2.58. The molecular formula is C20H27F2ORb. The first kappa shape index (κ1) is 21.0. The van der Waals surface area contributed by atoms with E-state index in [1.165, 1.54) is 12.8 Å². The summed E-state index contributed by atoms with van der Waals surface area (Å²) in [6, 6.07) is 3.35. The van der Waals surface area contributed by atoms with Gasteiger partial charge in [0.25, 0.3) is 0 Å². The Morgan fingerprint density at radius 1 is 1.00 bits per heavy atom. The Morgan fingerprint density at radius 2 is 1.67 bits per heavy atom. The molecule has 2 saturated carbocycles. The summed E-state index contributed by atoms with van der Waals surface area (Å²) >= 11 is 0. The number of hydrogen-bond acceptors (Lipinski definition) is 1. The van der Waals surface area contributed by atoms with Crippen LogP contribution in [0.5, 0.6) is 5.75 Å². The Morgan fingerprint density at radius 3 is 2.33 bits per heavy atom. The van der Waals surface area contributed by atoms with Crippen LogP contribution in [0.1, 0.15) is 69.8 Å². The van der Waals surface area contributed by atoms with Crippen molar-refractivity contribution in [2.75, 3.05) is 6.61 Å². The molecule has 128 valence electrons. The van der Waals surface area contributed by atoms with Gasteiger partial charge < -0.3 is 11.2 Å². The van der Waals surface area contributed by atoms with Crippen LogP contribution in [0.15, 0.2) is 12.1 Å². The SMILES string of the molecule is CC1CCC(COc2ccc(C3CC[CH-]CC3)c(F)c2F)CC1.[Rb+]. The van der Waals surface area contributed by atoms with Gasteiger partial charge in [-0.25, -0.2) is 4.39 Å². The molecule has 1 nitrogen and oxygen atoms in total. The number of benzene rings is 1. The van der Waals surface area contributed by atoms with E-state index in [1.54, 1.807) is 12.1 Å². The molecule has 1 aromatic carbocycles. The molecule has 0 atom stereocenters. The van der Waals surface area contributed by atoms with Crippen LogP contribution >= 0.6 is 0 Å². The van der Waals surface area contributed by atoms with Gasteiger partial charge in [-0.05, 0) is 42.2 Å². The molecule has 3 rings (SSSR count). The smallest absolute Gasteiger partial charge is 0.490 e. The van der Waals surface area contributed by atoms with E-state index in [4.69, 9.17) is 4.74 Å². The molecular weight excluding hydrogens is 380 g/mol. The zero-order valence-electron chi connectivity index (χ0n) is 15.0. The third-order valence-electron chi connectivity index (χ3n) is 5.57. The van der Waals surface area contributed by atoms with Gasteiger partial charge in [0.1, 0.15) is 0 Å². The standard InChI is InChI=1S/C20H27F2O.Rb/c1-14-7-9-15(10-8-14)13-23-18-12-11-17(19(21)20(18)22)16-5-3-2-4-6-16;/h2,11-12,14-16H,3-10,13H2,1H3;/q-1;+1. The predicted molar refractivity (Wildman–Crippen MR) is 88.5 cm³/mol. The van der Waals surface area contributed by atoms with Crippen molar-refractivity contribution in [2.24, 2.45) is 11.8 Å². The van der Waals surface area contributed by atoms with Crippen molar-refractivity contribution >= 4 is 0 Å². The van der Waals surface area contributed by atoms with Crippen molar-refractivity contribution in [3.8, 4) is 5.75 Å². The van der Waals surface area contributed by atoms with E-state index < -0.39 is 11.6 Å².